The molecule has 2 atom stereocenters. The number of hydrogen-bond donors (Lipinski definition) is 1. The van der Waals surface area contributed by atoms with E-state index in [-0.39, 0.29) is 11.3 Å². The minimum atomic E-state index is 0.183. The van der Waals surface area contributed by atoms with Gasteiger partial charge in [-0.3, -0.25) is 4.79 Å². The number of nitrogens with one attached hydrogen (secondary N) is 1. The zero-order valence-electron chi connectivity index (χ0n) is 11.3. The third-order valence-corrected chi connectivity index (χ3v) is 3.06. The Hall–Kier alpha value is -0.570. The van der Waals surface area contributed by atoms with Gasteiger partial charge in [0.1, 0.15) is 0 Å². The van der Waals surface area contributed by atoms with E-state index in [2.05, 4.69) is 33.0 Å². The average molecular weight is 226 g/mol. The van der Waals surface area contributed by atoms with E-state index in [4.69, 9.17) is 0 Å². The van der Waals surface area contributed by atoms with E-state index >= 15 is 0 Å². The molecule has 1 rings (SSSR count). The van der Waals surface area contributed by atoms with Gasteiger partial charge in [0.25, 0.3) is 0 Å². The summed E-state index contributed by atoms with van der Waals surface area (Å²) in [6.45, 7) is 10.5. The highest BCUT2D eigenvalue weighted by Crippen LogP contribution is 2.21. The van der Waals surface area contributed by atoms with Crippen molar-refractivity contribution < 1.29 is 4.79 Å². The maximum absolute atomic E-state index is 12.2. The SMILES string of the molecule is CC1CC(C(=O)N(C)CC(C)(C)C)CCN1. The zero-order valence-corrected chi connectivity index (χ0v) is 11.3. The number of carbonyl (C=O) groups is 1. The van der Waals surface area contributed by atoms with Crippen LogP contribution < -0.4 is 5.32 Å². The number of nitrogens with zero attached hydrogens (tertiary/aromatic N) is 1. The van der Waals surface area contributed by atoms with Gasteiger partial charge in [0.15, 0.2) is 0 Å². The summed E-state index contributed by atoms with van der Waals surface area (Å²) in [6, 6.07) is 0.478. The van der Waals surface area contributed by atoms with Crippen LogP contribution >= 0.6 is 0 Å². The van der Waals surface area contributed by atoms with Crippen LogP contribution in [0.1, 0.15) is 40.5 Å². The van der Waals surface area contributed by atoms with Crippen molar-refractivity contribution in [3.63, 3.8) is 0 Å². The highest BCUT2D eigenvalue weighted by atomic mass is 16.2. The van der Waals surface area contributed by atoms with Crippen molar-refractivity contribution in [3.8, 4) is 0 Å². The van der Waals surface area contributed by atoms with Crippen molar-refractivity contribution in [2.75, 3.05) is 20.1 Å². The van der Waals surface area contributed by atoms with Crippen molar-refractivity contribution in [1.82, 2.24) is 10.2 Å². The number of hydrogen-bond acceptors (Lipinski definition) is 2. The summed E-state index contributed by atoms with van der Waals surface area (Å²) in [5.74, 6) is 0.548. The Kier molecular flexibility index (Phi) is 4.36. The predicted molar refractivity (Wildman–Crippen MR) is 67.3 cm³/mol. The molecule has 0 saturated carbocycles. The van der Waals surface area contributed by atoms with Gasteiger partial charge < -0.3 is 10.2 Å². The van der Waals surface area contributed by atoms with Crippen LogP contribution in [0.2, 0.25) is 0 Å². The molecule has 1 heterocycles. The quantitative estimate of drug-likeness (QED) is 0.779. The van der Waals surface area contributed by atoms with E-state index in [0.29, 0.717) is 11.9 Å². The fraction of sp³-hybridized carbons (Fsp3) is 0.923. The molecule has 0 spiro atoms. The van der Waals surface area contributed by atoms with Crippen molar-refractivity contribution >= 4 is 5.91 Å². The molecule has 1 saturated heterocycles. The maximum Gasteiger partial charge on any atom is 0.225 e. The van der Waals surface area contributed by atoms with Gasteiger partial charge in [-0.1, -0.05) is 20.8 Å². The predicted octanol–water partition coefficient (Wildman–Crippen LogP) is 1.88. The largest absolute Gasteiger partial charge is 0.345 e. The lowest BCUT2D eigenvalue weighted by Gasteiger charge is -2.33. The van der Waals surface area contributed by atoms with Gasteiger partial charge in [0.05, 0.1) is 0 Å². The molecule has 1 amide bonds. The van der Waals surface area contributed by atoms with Crippen molar-refractivity contribution in [2.45, 2.75) is 46.6 Å². The fourth-order valence-electron chi connectivity index (χ4n) is 2.46. The van der Waals surface area contributed by atoms with Gasteiger partial charge in [-0.15, -0.1) is 0 Å². The van der Waals surface area contributed by atoms with E-state index in [1.54, 1.807) is 0 Å². The lowest BCUT2D eigenvalue weighted by Crippen LogP contribution is -2.44. The molecular formula is C13H26N2O. The first kappa shape index (κ1) is 13.5. The van der Waals surface area contributed by atoms with Crippen LogP contribution in [-0.2, 0) is 4.79 Å². The number of rotatable bonds is 2. The number of carbonyl (C=O) groups excluding carboxylic acids is 1. The van der Waals surface area contributed by atoms with Crippen LogP contribution in [0, 0.1) is 11.3 Å². The first-order valence-corrected chi connectivity index (χ1v) is 6.28. The maximum atomic E-state index is 12.2. The highest BCUT2D eigenvalue weighted by Gasteiger charge is 2.28. The summed E-state index contributed by atoms with van der Waals surface area (Å²) in [5, 5.41) is 3.38. The fourth-order valence-corrected chi connectivity index (χ4v) is 2.46. The van der Waals surface area contributed by atoms with E-state index in [1.165, 1.54) is 0 Å². The summed E-state index contributed by atoms with van der Waals surface area (Å²) in [4.78, 5) is 14.1. The molecule has 1 aliphatic rings. The summed E-state index contributed by atoms with van der Waals surface area (Å²) >= 11 is 0. The molecule has 0 radical (unpaired) electrons. The zero-order chi connectivity index (χ0) is 12.3. The molecule has 3 nitrogen and oxygen atoms in total. The van der Waals surface area contributed by atoms with Crippen LogP contribution in [0.15, 0.2) is 0 Å². The summed E-state index contributed by atoms with van der Waals surface area (Å²) in [6.07, 6.45) is 1.96. The smallest absolute Gasteiger partial charge is 0.225 e. The second-order valence-electron chi connectivity index (χ2n) is 6.33. The molecular weight excluding hydrogens is 200 g/mol. The Bertz CT molecular complexity index is 245. The third-order valence-electron chi connectivity index (χ3n) is 3.06. The van der Waals surface area contributed by atoms with Crippen molar-refractivity contribution in [1.29, 1.82) is 0 Å². The van der Waals surface area contributed by atoms with Gasteiger partial charge in [-0.25, -0.2) is 0 Å². The summed E-state index contributed by atoms with van der Waals surface area (Å²) in [7, 11) is 1.93. The van der Waals surface area contributed by atoms with E-state index < -0.39 is 0 Å². The molecule has 3 heteroatoms. The number of piperidine rings is 1. The van der Waals surface area contributed by atoms with Crippen LogP contribution in [0.25, 0.3) is 0 Å². The lowest BCUT2D eigenvalue weighted by molar-refractivity contribution is -0.136. The molecule has 0 aromatic heterocycles. The molecule has 2 unspecified atom stereocenters. The minimum absolute atomic E-state index is 0.183. The topological polar surface area (TPSA) is 32.3 Å². The second-order valence-corrected chi connectivity index (χ2v) is 6.33. The standard InChI is InChI=1S/C13H26N2O/c1-10-8-11(6-7-14-10)12(16)15(5)9-13(2,3)4/h10-11,14H,6-9H2,1-5H3. The Labute approximate surface area is 99.6 Å². The van der Waals surface area contributed by atoms with Crippen LogP contribution in [0.3, 0.4) is 0 Å². The van der Waals surface area contributed by atoms with Gasteiger partial charge >= 0.3 is 0 Å². The number of amides is 1. The first-order valence-electron chi connectivity index (χ1n) is 6.28. The van der Waals surface area contributed by atoms with Crippen LogP contribution in [0.4, 0.5) is 0 Å². The minimum Gasteiger partial charge on any atom is -0.345 e. The van der Waals surface area contributed by atoms with Crippen LogP contribution in [-0.4, -0.2) is 37.0 Å². The van der Waals surface area contributed by atoms with Gasteiger partial charge in [-0.2, -0.15) is 0 Å². The monoisotopic (exact) mass is 226 g/mol. The van der Waals surface area contributed by atoms with Gasteiger partial charge in [0.2, 0.25) is 5.91 Å². The third kappa shape index (κ3) is 4.12. The highest BCUT2D eigenvalue weighted by molar-refractivity contribution is 5.78. The molecule has 0 aliphatic carbocycles. The molecule has 1 aliphatic heterocycles. The lowest BCUT2D eigenvalue weighted by atomic mass is 9.90. The van der Waals surface area contributed by atoms with Gasteiger partial charge in [-0.05, 0) is 31.7 Å². The molecule has 1 fully saturated rings. The Morgan fingerprint density at radius 2 is 2.06 bits per heavy atom. The average Bonchev–Trinajstić information content (AvgIpc) is 2.14. The van der Waals surface area contributed by atoms with E-state index in [0.717, 1.165) is 25.9 Å². The Morgan fingerprint density at radius 1 is 1.44 bits per heavy atom. The second kappa shape index (κ2) is 5.17. The Morgan fingerprint density at radius 3 is 2.56 bits per heavy atom. The van der Waals surface area contributed by atoms with Crippen LogP contribution in [0.5, 0.6) is 0 Å². The van der Waals surface area contributed by atoms with Crippen molar-refractivity contribution in [3.05, 3.63) is 0 Å². The van der Waals surface area contributed by atoms with Gasteiger partial charge in [0, 0.05) is 25.6 Å². The molecule has 94 valence electrons. The molecule has 0 aromatic rings. The van der Waals surface area contributed by atoms with E-state index in [1.807, 2.05) is 11.9 Å². The molecule has 16 heavy (non-hydrogen) atoms. The Balaban J connectivity index is 2.49. The first-order chi connectivity index (χ1) is 7.29. The van der Waals surface area contributed by atoms with E-state index in [9.17, 15) is 4.79 Å². The molecule has 0 bridgehead atoms. The summed E-state index contributed by atoms with van der Waals surface area (Å²) in [5.41, 5.74) is 0.183. The summed E-state index contributed by atoms with van der Waals surface area (Å²) < 4.78 is 0. The molecule has 1 N–H and O–H groups in total. The van der Waals surface area contributed by atoms with Crippen molar-refractivity contribution in [2.24, 2.45) is 11.3 Å². The normalized spacial score (nSPS) is 26.6. The molecule has 0 aromatic carbocycles.